The Morgan fingerprint density at radius 1 is 1.11 bits per heavy atom. The molecule has 0 aliphatic carbocycles. The van der Waals surface area contributed by atoms with Crippen LogP contribution in [0.5, 0.6) is 0 Å². The second kappa shape index (κ2) is 10.2. The summed E-state index contributed by atoms with van der Waals surface area (Å²) in [6.07, 6.45) is 4.05. The van der Waals surface area contributed by atoms with Gasteiger partial charge in [0, 0.05) is 19.5 Å². The number of carboxylic acids is 2. The molecule has 2 heterocycles. The van der Waals surface area contributed by atoms with Gasteiger partial charge in [0.1, 0.15) is 6.04 Å². The summed E-state index contributed by atoms with van der Waals surface area (Å²) in [4.78, 5) is 48.4. The van der Waals surface area contributed by atoms with E-state index in [9.17, 15) is 19.2 Å². The van der Waals surface area contributed by atoms with Crippen molar-refractivity contribution in [3.05, 3.63) is 0 Å². The summed E-state index contributed by atoms with van der Waals surface area (Å²) in [7, 11) is 0. The molecule has 4 N–H and O–H groups in total. The number of carboxylic acid groups (broad SMARTS) is 2. The van der Waals surface area contributed by atoms with Crippen LogP contribution in [0.25, 0.3) is 0 Å². The van der Waals surface area contributed by atoms with E-state index < -0.39 is 36.2 Å². The van der Waals surface area contributed by atoms with Crippen LogP contribution < -0.4 is 10.6 Å². The van der Waals surface area contributed by atoms with Gasteiger partial charge >= 0.3 is 11.9 Å². The standard InChI is InChI=1S/C18H29N3O6/c22-15(4-3-12-5-7-19-8-6-12)21-9-1-2-13(11-21)17(25)20-14(18(26)27)10-16(23)24/h12-14,19H,1-11H2,(H,20,25)(H,23,24)(H,26,27)/t13-,14+/m1/s1. The molecule has 2 saturated heterocycles. The van der Waals surface area contributed by atoms with Crippen molar-refractivity contribution in [2.75, 3.05) is 26.2 Å². The monoisotopic (exact) mass is 383 g/mol. The molecule has 2 rings (SSSR count). The van der Waals surface area contributed by atoms with Gasteiger partial charge in [0.05, 0.1) is 12.3 Å². The first-order valence-corrected chi connectivity index (χ1v) is 9.60. The molecule has 0 aromatic carbocycles. The lowest BCUT2D eigenvalue weighted by Crippen LogP contribution is -2.50. The van der Waals surface area contributed by atoms with Crippen molar-refractivity contribution in [2.24, 2.45) is 11.8 Å². The molecule has 152 valence electrons. The van der Waals surface area contributed by atoms with Gasteiger partial charge in [0.25, 0.3) is 0 Å². The molecule has 0 aromatic rings. The topological polar surface area (TPSA) is 136 Å². The highest BCUT2D eigenvalue weighted by Crippen LogP contribution is 2.21. The van der Waals surface area contributed by atoms with E-state index in [0.717, 1.165) is 32.4 Å². The van der Waals surface area contributed by atoms with Crippen molar-refractivity contribution >= 4 is 23.8 Å². The Labute approximate surface area is 158 Å². The molecule has 2 aliphatic rings. The van der Waals surface area contributed by atoms with Gasteiger partial charge in [-0.15, -0.1) is 0 Å². The number of likely N-dealkylation sites (tertiary alicyclic amines) is 1. The number of nitrogens with one attached hydrogen (secondary N) is 2. The molecule has 2 fully saturated rings. The number of amides is 2. The van der Waals surface area contributed by atoms with Crippen molar-refractivity contribution in [1.29, 1.82) is 0 Å². The molecular formula is C18H29N3O6. The minimum Gasteiger partial charge on any atom is -0.481 e. The molecule has 2 amide bonds. The first-order chi connectivity index (χ1) is 12.9. The van der Waals surface area contributed by atoms with Crippen LogP contribution >= 0.6 is 0 Å². The Balaban J connectivity index is 1.82. The van der Waals surface area contributed by atoms with E-state index in [4.69, 9.17) is 10.2 Å². The Morgan fingerprint density at radius 2 is 1.81 bits per heavy atom. The molecule has 9 nitrogen and oxygen atoms in total. The number of aliphatic carboxylic acids is 2. The third-order valence-electron chi connectivity index (χ3n) is 5.36. The zero-order chi connectivity index (χ0) is 19.8. The average Bonchev–Trinajstić information content (AvgIpc) is 2.66. The smallest absolute Gasteiger partial charge is 0.326 e. The lowest BCUT2D eigenvalue weighted by Gasteiger charge is -2.33. The Hall–Kier alpha value is -2.16. The summed E-state index contributed by atoms with van der Waals surface area (Å²) in [6.45, 7) is 2.85. The number of piperidine rings is 2. The van der Waals surface area contributed by atoms with E-state index in [1.165, 1.54) is 0 Å². The molecule has 0 aromatic heterocycles. The van der Waals surface area contributed by atoms with E-state index in [-0.39, 0.29) is 12.5 Å². The number of carbonyl (C=O) groups is 4. The molecule has 2 atom stereocenters. The summed E-state index contributed by atoms with van der Waals surface area (Å²) < 4.78 is 0. The molecule has 0 radical (unpaired) electrons. The summed E-state index contributed by atoms with van der Waals surface area (Å²) >= 11 is 0. The van der Waals surface area contributed by atoms with Crippen LogP contribution in [0.2, 0.25) is 0 Å². The zero-order valence-corrected chi connectivity index (χ0v) is 15.5. The van der Waals surface area contributed by atoms with Gasteiger partial charge in [-0.3, -0.25) is 14.4 Å². The van der Waals surface area contributed by atoms with E-state index in [0.29, 0.717) is 31.7 Å². The van der Waals surface area contributed by atoms with Crippen molar-refractivity contribution in [2.45, 2.75) is 51.0 Å². The largest absolute Gasteiger partial charge is 0.481 e. The normalized spacial score (nSPS) is 22.1. The van der Waals surface area contributed by atoms with Crippen molar-refractivity contribution in [3.8, 4) is 0 Å². The summed E-state index contributed by atoms with van der Waals surface area (Å²) in [5.41, 5.74) is 0. The van der Waals surface area contributed by atoms with Crippen molar-refractivity contribution in [1.82, 2.24) is 15.5 Å². The van der Waals surface area contributed by atoms with Gasteiger partial charge < -0.3 is 25.7 Å². The molecular weight excluding hydrogens is 354 g/mol. The third-order valence-corrected chi connectivity index (χ3v) is 5.36. The minimum absolute atomic E-state index is 0.0337. The number of rotatable bonds is 8. The predicted octanol–water partition coefficient (Wildman–Crippen LogP) is 0.0489. The van der Waals surface area contributed by atoms with Crippen LogP contribution in [-0.2, 0) is 19.2 Å². The van der Waals surface area contributed by atoms with Crippen LogP contribution in [0.15, 0.2) is 0 Å². The second-order valence-electron chi connectivity index (χ2n) is 7.41. The summed E-state index contributed by atoms with van der Waals surface area (Å²) in [5.74, 6) is -3.08. The number of carbonyl (C=O) groups excluding carboxylic acids is 2. The van der Waals surface area contributed by atoms with E-state index in [2.05, 4.69) is 10.6 Å². The van der Waals surface area contributed by atoms with Crippen molar-refractivity contribution < 1.29 is 29.4 Å². The Kier molecular flexibility index (Phi) is 8.02. The van der Waals surface area contributed by atoms with Crippen molar-refractivity contribution in [3.63, 3.8) is 0 Å². The van der Waals surface area contributed by atoms with Gasteiger partial charge in [-0.1, -0.05) is 0 Å². The molecule has 0 saturated carbocycles. The lowest BCUT2D eigenvalue weighted by molar-refractivity contribution is -0.148. The predicted molar refractivity (Wildman–Crippen MR) is 96.0 cm³/mol. The number of hydrogen-bond acceptors (Lipinski definition) is 5. The highest BCUT2D eigenvalue weighted by molar-refractivity contribution is 5.88. The summed E-state index contributed by atoms with van der Waals surface area (Å²) in [5, 5.41) is 23.4. The maximum atomic E-state index is 12.5. The molecule has 0 bridgehead atoms. The maximum absolute atomic E-state index is 12.5. The first kappa shape index (κ1) is 21.1. The van der Waals surface area contributed by atoms with Gasteiger partial charge in [-0.05, 0) is 51.1 Å². The fraction of sp³-hybridized carbons (Fsp3) is 0.778. The molecule has 27 heavy (non-hydrogen) atoms. The first-order valence-electron chi connectivity index (χ1n) is 9.60. The fourth-order valence-corrected chi connectivity index (χ4v) is 3.74. The second-order valence-corrected chi connectivity index (χ2v) is 7.41. The van der Waals surface area contributed by atoms with E-state index in [1.807, 2.05) is 0 Å². The lowest BCUT2D eigenvalue weighted by atomic mass is 9.92. The quantitative estimate of drug-likeness (QED) is 0.465. The van der Waals surface area contributed by atoms with Crippen LogP contribution in [0.3, 0.4) is 0 Å². The minimum atomic E-state index is -1.46. The number of nitrogens with zero attached hydrogens (tertiary/aromatic N) is 1. The number of hydrogen-bond donors (Lipinski definition) is 4. The molecule has 2 aliphatic heterocycles. The van der Waals surface area contributed by atoms with Gasteiger partial charge in [0.2, 0.25) is 11.8 Å². The van der Waals surface area contributed by atoms with E-state index >= 15 is 0 Å². The van der Waals surface area contributed by atoms with Crippen LogP contribution in [0, 0.1) is 11.8 Å². The Bertz CT molecular complexity index is 561. The van der Waals surface area contributed by atoms with E-state index in [1.54, 1.807) is 4.90 Å². The molecule has 0 unspecified atom stereocenters. The average molecular weight is 383 g/mol. The highest BCUT2D eigenvalue weighted by atomic mass is 16.4. The van der Waals surface area contributed by atoms with Gasteiger partial charge in [-0.25, -0.2) is 4.79 Å². The van der Waals surface area contributed by atoms with Crippen LogP contribution in [-0.4, -0.2) is 71.1 Å². The Morgan fingerprint density at radius 3 is 2.44 bits per heavy atom. The third kappa shape index (κ3) is 6.82. The maximum Gasteiger partial charge on any atom is 0.326 e. The van der Waals surface area contributed by atoms with Crippen LogP contribution in [0.4, 0.5) is 0 Å². The zero-order valence-electron chi connectivity index (χ0n) is 15.5. The van der Waals surface area contributed by atoms with Gasteiger partial charge in [-0.2, -0.15) is 0 Å². The fourth-order valence-electron chi connectivity index (χ4n) is 3.74. The summed E-state index contributed by atoms with van der Waals surface area (Å²) in [6, 6.07) is -1.46. The van der Waals surface area contributed by atoms with Crippen LogP contribution in [0.1, 0.15) is 44.9 Å². The van der Waals surface area contributed by atoms with Gasteiger partial charge in [0.15, 0.2) is 0 Å². The molecule has 0 spiro atoms. The highest BCUT2D eigenvalue weighted by Gasteiger charge is 2.31. The SMILES string of the molecule is O=C(O)C[C@H](NC(=O)[C@@H]1CCCN(C(=O)CCC2CCNCC2)C1)C(=O)O. The molecule has 9 heteroatoms.